The number of halogens is 1. The molecule has 0 radical (unpaired) electrons. The zero-order valence-electron chi connectivity index (χ0n) is 19.7. The molecule has 1 unspecified atom stereocenters. The van der Waals surface area contributed by atoms with Gasteiger partial charge in [-0.2, -0.15) is 4.90 Å². The Morgan fingerprint density at radius 2 is 1.32 bits per heavy atom. The molecule has 0 aromatic heterocycles. The van der Waals surface area contributed by atoms with Gasteiger partial charge >= 0.3 is 17.8 Å². The van der Waals surface area contributed by atoms with Crippen LogP contribution in [-0.4, -0.2) is 100 Å². The van der Waals surface area contributed by atoms with Crippen LogP contribution in [0.1, 0.15) is 44.9 Å². The van der Waals surface area contributed by atoms with Gasteiger partial charge in [0.1, 0.15) is 0 Å². The highest BCUT2D eigenvalue weighted by atomic mass is 35.5. The van der Waals surface area contributed by atoms with E-state index in [0.717, 1.165) is 32.3 Å². The van der Waals surface area contributed by atoms with Gasteiger partial charge in [-0.15, -0.1) is 11.6 Å². The van der Waals surface area contributed by atoms with Crippen LogP contribution in [0.3, 0.4) is 0 Å². The van der Waals surface area contributed by atoms with Gasteiger partial charge in [-0.3, -0.25) is 4.79 Å². The smallest absolute Gasteiger partial charge is 0.364 e. The van der Waals surface area contributed by atoms with E-state index in [1.165, 1.54) is 0 Å². The number of hydrogen-bond donors (Lipinski definition) is 3. The Morgan fingerprint density at radius 3 is 1.85 bits per heavy atom. The zero-order chi connectivity index (χ0) is 25.0. The molecular weight excluding hydrogens is 472 g/mol. The van der Waals surface area contributed by atoms with Gasteiger partial charge in [-0.1, -0.05) is 12.8 Å². The Morgan fingerprint density at radius 1 is 0.824 bits per heavy atom. The molecule has 1 heterocycles. The molecule has 0 saturated carbocycles. The quantitative estimate of drug-likeness (QED) is 0.100. The average molecular weight is 510 g/mol. The highest BCUT2D eigenvalue weighted by Gasteiger charge is 2.45. The Balaban J connectivity index is 1.91. The second-order valence-corrected chi connectivity index (χ2v) is 8.14. The monoisotopic (exact) mass is 509 g/mol. The minimum atomic E-state index is -1.41. The number of aliphatic carboxylic acids is 1. The van der Waals surface area contributed by atoms with Crippen LogP contribution in [0.2, 0.25) is 0 Å². The summed E-state index contributed by atoms with van der Waals surface area (Å²) in [5.74, 6) is -2.17. The molecule has 3 N–H and O–H groups in total. The second kappa shape index (κ2) is 19.7. The average Bonchev–Trinajstić information content (AvgIpc) is 3.14. The van der Waals surface area contributed by atoms with E-state index in [0.29, 0.717) is 45.5 Å². The number of carboxylic acids is 1. The van der Waals surface area contributed by atoms with Crippen molar-refractivity contribution < 1.29 is 48.1 Å². The highest BCUT2D eigenvalue weighted by Crippen LogP contribution is 2.01. The van der Waals surface area contributed by atoms with Crippen LogP contribution in [0, 0.1) is 0 Å². The molecule has 12 heteroatoms. The fourth-order valence-corrected chi connectivity index (χ4v) is 3.48. The van der Waals surface area contributed by atoms with Crippen molar-refractivity contribution in [3.8, 4) is 0 Å². The van der Waals surface area contributed by atoms with E-state index in [2.05, 4.69) is 5.32 Å². The molecule has 1 rings (SSSR count). The first-order valence-corrected chi connectivity index (χ1v) is 12.3. The fraction of sp³-hybridized carbons (Fsp3) is 0.818. The van der Waals surface area contributed by atoms with Gasteiger partial charge in [0, 0.05) is 19.0 Å². The Bertz CT molecular complexity index is 605. The number of unbranched alkanes of at least 4 members (excludes halogenated alkanes) is 3. The summed E-state index contributed by atoms with van der Waals surface area (Å²) >= 11 is 5.62. The number of ether oxygens (including phenoxy) is 4. The summed E-state index contributed by atoms with van der Waals surface area (Å²) in [5, 5.41) is 11.8. The number of carbonyl (C=O) groups is 4. The molecule has 0 spiro atoms. The van der Waals surface area contributed by atoms with Crippen LogP contribution in [-0.2, 0) is 38.1 Å². The summed E-state index contributed by atoms with van der Waals surface area (Å²) in [5.41, 5.74) is 0. The number of amides is 3. The largest absolute Gasteiger partial charge is 0.477 e. The highest BCUT2D eigenvalue weighted by molar-refractivity contribution is 6.17. The molecule has 11 nitrogen and oxygen atoms in total. The van der Waals surface area contributed by atoms with Crippen molar-refractivity contribution in [2.45, 2.75) is 51.0 Å². The van der Waals surface area contributed by atoms with E-state index in [1.54, 1.807) is 0 Å². The molecule has 1 aliphatic heterocycles. The first-order valence-electron chi connectivity index (χ1n) is 11.8. The molecule has 0 bridgehead atoms. The first-order chi connectivity index (χ1) is 16.5. The van der Waals surface area contributed by atoms with E-state index in [4.69, 9.17) is 30.5 Å². The van der Waals surface area contributed by atoms with Gasteiger partial charge in [-0.25, -0.2) is 14.4 Å². The van der Waals surface area contributed by atoms with Gasteiger partial charge < -0.3 is 29.4 Å². The van der Waals surface area contributed by atoms with Gasteiger partial charge in [0.05, 0.1) is 65.5 Å². The predicted octanol–water partition coefficient (Wildman–Crippen LogP) is -0.457. The number of hydrogen-bond acceptors (Lipinski definition) is 8. The second-order valence-electron chi connectivity index (χ2n) is 7.76. The molecule has 1 fully saturated rings. The molecule has 3 amide bonds. The number of rotatable bonds is 22. The number of likely N-dealkylation sites (tertiary alicyclic amines) is 1. The summed E-state index contributed by atoms with van der Waals surface area (Å²) in [6.07, 6.45) is 3.91. The maximum Gasteiger partial charge on any atom is 0.364 e. The van der Waals surface area contributed by atoms with Gasteiger partial charge in [0.15, 0.2) is 0 Å². The lowest BCUT2D eigenvalue weighted by Gasteiger charge is -2.16. The number of nitrogens with one attached hydrogen (secondary N) is 2. The number of quaternary nitrogens is 1. The Labute approximate surface area is 205 Å². The summed E-state index contributed by atoms with van der Waals surface area (Å²) < 4.78 is 21.6. The van der Waals surface area contributed by atoms with Crippen LogP contribution in [0.25, 0.3) is 0 Å². The normalized spacial score (nSPS) is 15.1. The Kier molecular flexibility index (Phi) is 17.6. The first kappa shape index (κ1) is 30.4. The minimum Gasteiger partial charge on any atom is -0.477 e. The molecule has 34 heavy (non-hydrogen) atoms. The minimum absolute atomic E-state index is 0.00608. The van der Waals surface area contributed by atoms with E-state index >= 15 is 0 Å². The molecule has 0 aromatic carbocycles. The number of alkyl halides is 1. The molecule has 0 aromatic rings. The van der Waals surface area contributed by atoms with Crippen LogP contribution in [0.5, 0.6) is 0 Å². The van der Waals surface area contributed by atoms with Crippen molar-refractivity contribution in [1.29, 1.82) is 0 Å². The van der Waals surface area contributed by atoms with E-state index in [-0.39, 0.29) is 30.9 Å². The van der Waals surface area contributed by atoms with Crippen LogP contribution in [0.15, 0.2) is 0 Å². The van der Waals surface area contributed by atoms with Crippen molar-refractivity contribution in [1.82, 2.24) is 5.32 Å². The van der Waals surface area contributed by atoms with Crippen molar-refractivity contribution in [2.24, 2.45) is 0 Å². The number of carbonyl (C=O) groups excluding carboxylic acids is 3. The van der Waals surface area contributed by atoms with Crippen LogP contribution < -0.4 is 10.2 Å². The lowest BCUT2D eigenvalue weighted by Crippen LogP contribution is -3.19. The number of imide groups is 1. The predicted molar refractivity (Wildman–Crippen MR) is 122 cm³/mol. The molecule has 1 aliphatic rings. The maximum absolute atomic E-state index is 12.0. The zero-order valence-corrected chi connectivity index (χ0v) is 20.4. The maximum atomic E-state index is 12.0. The van der Waals surface area contributed by atoms with Crippen molar-refractivity contribution in [3.05, 3.63) is 0 Å². The van der Waals surface area contributed by atoms with E-state index < -0.39 is 36.2 Å². The summed E-state index contributed by atoms with van der Waals surface area (Å²) in [7, 11) is 0. The third-order valence-corrected chi connectivity index (χ3v) is 5.34. The fourth-order valence-electron chi connectivity index (χ4n) is 3.29. The van der Waals surface area contributed by atoms with Crippen LogP contribution >= 0.6 is 11.6 Å². The third kappa shape index (κ3) is 13.9. The summed E-state index contributed by atoms with van der Waals surface area (Å²) in [6.45, 7) is 3.82. The SMILES string of the molecule is O=C(CC(C(=O)O)[NH+]1C(=O)CCC1=O)NCCOCCOCCOCCOCCCCCCCl. The lowest BCUT2D eigenvalue weighted by molar-refractivity contribution is -0.752. The van der Waals surface area contributed by atoms with Crippen LogP contribution in [0.4, 0.5) is 0 Å². The topological polar surface area (TPSA) is 142 Å². The molecule has 0 aliphatic carbocycles. The Hall–Kier alpha value is -1.63. The number of carboxylic acid groups (broad SMARTS) is 1. The van der Waals surface area contributed by atoms with Gasteiger partial charge in [0.2, 0.25) is 11.9 Å². The molecule has 1 saturated heterocycles. The summed E-state index contributed by atoms with van der Waals surface area (Å²) in [6, 6.07) is -1.41. The van der Waals surface area contributed by atoms with E-state index in [1.807, 2.05) is 0 Å². The molecule has 196 valence electrons. The standard InChI is InChI=1S/C22H37ClN2O9/c23-7-3-1-2-4-9-31-11-13-33-15-16-34-14-12-32-10-8-24-19(26)17-18(22(29)30)25-20(27)5-6-21(25)28/h18H,1-17H2,(H,24,26)(H,29,30)/p+1. The van der Waals surface area contributed by atoms with Crippen molar-refractivity contribution in [2.75, 3.05) is 65.3 Å². The molecule has 1 atom stereocenters. The lowest BCUT2D eigenvalue weighted by atomic mass is 10.1. The summed E-state index contributed by atoms with van der Waals surface area (Å²) in [4.78, 5) is 46.6. The van der Waals surface area contributed by atoms with Crippen molar-refractivity contribution >= 4 is 35.3 Å². The van der Waals surface area contributed by atoms with Gasteiger partial charge in [0.25, 0.3) is 0 Å². The molecular formula is C22H38ClN2O9+. The van der Waals surface area contributed by atoms with Crippen molar-refractivity contribution in [3.63, 3.8) is 0 Å². The van der Waals surface area contributed by atoms with E-state index in [9.17, 15) is 24.3 Å². The van der Waals surface area contributed by atoms with Gasteiger partial charge in [-0.05, 0) is 12.8 Å². The third-order valence-electron chi connectivity index (χ3n) is 5.07.